The van der Waals surface area contributed by atoms with Crippen molar-refractivity contribution in [3.63, 3.8) is 0 Å². The minimum atomic E-state index is -0.975. The van der Waals surface area contributed by atoms with E-state index in [0.717, 1.165) is 0 Å². The summed E-state index contributed by atoms with van der Waals surface area (Å²) in [5.41, 5.74) is 0. The molecule has 0 aliphatic rings. The van der Waals surface area contributed by atoms with Crippen molar-refractivity contribution in [1.82, 2.24) is 5.32 Å². The molecule has 5 nitrogen and oxygen atoms in total. The first-order valence-corrected chi connectivity index (χ1v) is 4.10. The van der Waals surface area contributed by atoms with Gasteiger partial charge in [-0.15, -0.1) is 0 Å². The predicted molar refractivity (Wildman–Crippen MR) is 45.9 cm³/mol. The second-order valence-electron chi connectivity index (χ2n) is 2.67. The smallest absolute Gasteiger partial charge is 0.331 e. The molecule has 0 aromatic heterocycles. The van der Waals surface area contributed by atoms with Crippen molar-refractivity contribution >= 4 is 11.9 Å². The van der Waals surface area contributed by atoms with Gasteiger partial charge in [0.25, 0.3) is 0 Å². The van der Waals surface area contributed by atoms with E-state index < -0.39 is 18.1 Å². The van der Waals surface area contributed by atoms with E-state index >= 15 is 0 Å². The fraction of sp³-hybridized carbons (Fsp3) is 0.750. The molecule has 0 saturated carbocycles. The topological polar surface area (TPSA) is 75.6 Å². The molecule has 0 radical (unpaired) electrons. The first-order chi connectivity index (χ1) is 5.99. The Morgan fingerprint density at radius 3 is 2.38 bits per heavy atom. The van der Waals surface area contributed by atoms with Crippen molar-refractivity contribution in [3.8, 4) is 0 Å². The van der Waals surface area contributed by atoms with Gasteiger partial charge in [-0.2, -0.15) is 0 Å². The zero-order valence-corrected chi connectivity index (χ0v) is 8.03. The van der Waals surface area contributed by atoms with Crippen LogP contribution in [0.1, 0.15) is 20.8 Å². The van der Waals surface area contributed by atoms with E-state index in [0.29, 0.717) is 0 Å². The predicted octanol–water partition coefficient (Wildman–Crippen LogP) is -0.565. The molecule has 0 saturated heterocycles. The van der Waals surface area contributed by atoms with Gasteiger partial charge in [-0.3, -0.25) is 4.79 Å². The van der Waals surface area contributed by atoms with Crippen LogP contribution in [0.5, 0.6) is 0 Å². The number of rotatable bonds is 4. The molecule has 0 bridgehead atoms. The van der Waals surface area contributed by atoms with Crippen LogP contribution in [-0.4, -0.2) is 35.7 Å². The Morgan fingerprint density at radius 1 is 1.54 bits per heavy atom. The summed E-state index contributed by atoms with van der Waals surface area (Å²) in [4.78, 5) is 21.8. The molecule has 0 aliphatic carbocycles. The van der Waals surface area contributed by atoms with Gasteiger partial charge in [0.15, 0.2) is 6.04 Å². The summed E-state index contributed by atoms with van der Waals surface area (Å²) in [6, 6.07) is -0.975. The Bertz CT molecular complexity index is 191. The van der Waals surface area contributed by atoms with Gasteiger partial charge < -0.3 is 15.2 Å². The Balaban J connectivity index is 4.24. The maximum atomic E-state index is 11.1. The van der Waals surface area contributed by atoms with Gasteiger partial charge in [-0.05, 0) is 13.8 Å². The third-order valence-corrected chi connectivity index (χ3v) is 1.38. The fourth-order valence-corrected chi connectivity index (χ4v) is 0.827. The number of ether oxygens (including phenoxy) is 1. The SMILES string of the molecule is CCOC(=O)C(NC(C)=O)C(C)O. The minimum Gasteiger partial charge on any atom is -0.464 e. The van der Waals surface area contributed by atoms with E-state index in [2.05, 4.69) is 10.1 Å². The van der Waals surface area contributed by atoms with Gasteiger partial charge in [0, 0.05) is 6.92 Å². The highest BCUT2D eigenvalue weighted by Gasteiger charge is 2.25. The van der Waals surface area contributed by atoms with Crippen LogP contribution in [0.25, 0.3) is 0 Å². The van der Waals surface area contributed by atoms with Crippen LogP contribution in [0, 0.1) is 0 Å². The minimum absolute atomic E-state index is 0.224. The first-order valence-electron chi connectivity index (χ1n) is 4.10. The van der Waals surface area contributed by atoms with Crippen molar-refractivity contribution in [2.24, 2.45) is 0 Å². The number of nitrogens with one attached hydrogen (secondary N) is 1. The standard InChI is InChI=1S/C8H15NO4/c1-4-13-8(12)7(5(2)10)9-6(3)11/h5,7,10H,4H2,1-3H3,(H,9,11). The van der Waals surface area contributed by atoms with Crippen LogP contribution >= 0.6 is 0 Å². The molecule has 0 aromatic carbocycles. The molecule has 2 atom stereocenters. The Morgan fingerprint density at radius 2 is 2.08 bits per heavy atom. The molecular formula is C8H15NO4. The lowest BCUT2D eigenvalue weighted by Gasteiger charge is -2.18. The zero-order chi connectivity index (χ0) is 10.4. The second kappa shape index (κ2) is 5.53. The molecule has 76 valence electrons. The highest BCUT2D eigenvalue weighted by atomic mass is 16.5. The molecule has 0 fully saturated rings. The number of hydrogen-bond donors (Lipinski definition) is 2. The van der Waals surface area contributed by atoms with E-state index in [1.54, 1.807) is 6.92 Å². The molecule has 1 amide bonds. The molecule has 2 unspecified atom stereocenters. The summed E-state index contributed by atoms with van der Waals surface area (Å²) in [6.07, 6.45) is -0.956. The average Bonchev–Trinajstić information content (AvgIpc) is 1.99. The Hall–Kier alpha value is -1.10. The number of aliphatic hydroxyl groups excluding tert-OH is 1. The number of amides is 1. The van der Waals surface area contributed by atoms with Gasteiger partial charge in [0.2, 0.25) is 5.91 Å². The van der Waals surface area contributed by atoms with Crippen molar-refractivity contribution in [3.05, 3.63) is 0 Å². The number of carbonyl (C=O) groups is 2. The lowest BCUT2D eigenvalue weighted by atomic mass is 10.2. The second-order valence-corrected chi connectivity index (χ2v) is 2.67. The Labute approximate surface area is 77.1 Å². The van der Waals surface area contributed by atoms with E-state index in [-0.39, 0.29) is 12.5 Å². The van der Waals surface area contributed by atoms with Crippen LogP contribution in [0.3, 0.4) is 0 Å². The van der Waals surface area contributed by atoms with Crippen LogP contribution < -0.4 is 5.32 Å². The van der Waals surface area contributed by atoms with E-state index in [1.807, 2.05) is 0 Å². The highest BCUT2D eigenvalue weighted by molar-refractivity contribution is 5.83. The van der Waals surface area contributed by atoms with Gasteiger partial charge in [0.1, 0.15) is 0 Å². The lowest BCUT2D eigenvalue weighted by Crippen LogP contribution is -2.47. The lowest BCUT2D eigenvalue weighted by molar-refractivity contribution is -0.150. The molecule has 5 heteroatoms. The van der Waals surface area contributed by atoms with Crippen molar-refractivity contribution in [2.45, 2.75) is 32.9 Å². The van der Waals surface area contributed by atoms with Gasteiger partial charge in [-0.1, -0.05) is 0 Å². The normalized spacial score (nSPS) is 14.5. The quantitative estimate of drug-likeness (QED) is 0.581. The summed E-state index contributed by atoms with van der Waals surface area (Å²) in [5, 5.41) is 11.4. The molecule has 0 aliphatic heterocycles. The molecule has 13 heavy (non-hydrogen) atoms. The molecule has 2 N–H and O–H groups in total. The maximum absolute atomic E-state index is 11.1. The zero-order valence-electron chi connectivity index (χ0n) is 8.03. The molecule has 0 heterocycles. The summed E-state index contributed by atoms with van der Waals surface area (Å²) in [5.74, 6) is -0.994. The third kappa shape index (κ3) is 4.47. The van der Waals surface area contributed by atoms with Gasteiger partial charge in [0.05, 0.1) is 12.7 Å². The van der Waals surface area contributed by atoms with Gasteiger partial charge >= 0.3 is 5.97 Å². The largest absolute Gasteiger partial charge is 0.464 e. The summed E-state index contributed by atoms with van der Waals surface area (Å²) >= 11 is 0. The summed E-state index contributed by atoms with van der Waals surface area (Å²) in [6.45, 7) is 4.57. The average molecular weight is 189 g/mol. The monoisotopic (exact) mass is 189 g/mol. The number of aliphatic hydroxyl groups is 1. The fourth-order valence-electron chi connectivity index (χ4n) is 0.827. The molecule has 0 aromatic rings. The summed E-state index contributed by atoms with van der Waals surface area (Å²) in [7, 11) is 0. The van der Waals surface area contributed by atoms with Gasteiger partial charge in [-0.25, -0.2) is 4.79 Å². The summed E-state index contributed by atoms with van der Waals surface area (Å²) < 4.78 is 4.65. The van der Waals surface area contributed by atoms with Crippen molar-refractivity contribution in [2.75, 3.05) is 6.61 Å². The Kier molecular flexibility index (Phi) is 5.06. The van der Waals surface area contributed by atoms with Crippen molar-refractivity contribution in [1.29, 1.82) is 0 Å². The molecular weight excluding hydrogens is 174 g/mol. The first kappa shape index (κ1) is 11.9. The van der Waals surface area contributed by atoms with Crippen LogP contribution in [0.4, 0.5) is 0 Å². The maximum Gasteiger partial charge on any atom is 0.331 e. The molecule has 0 spiro atoms. The molecule has 0 rings (SSSR count). The van der Waals surface area contributed by atoms with Crippen LogP contribution in [-0.2, 0) is 14.3 Å². The van der Waals surface area contributed by atoms with E-state index in [9.17, 15) is 9.59 Å². The van der Waals surface area contributed by atoms with E-state index in [1.165, 1.54) is 13.8 Å². The van der Waals surface area contributed by atoms with Crippen molar-refractivity contribution < 1.29 is 19.4 Å². The third-order valence-electron chi connectivity index (χ3n) is 1.38. The number of hydrogen-bond acceptors (Lipinski definition) is 4. The number of esters is 1. The van der Waals surface area contributed by atoms with E-state index in [4.69, 9.17) is 5.11 Å². The van der Waals surface area contributed by atoms with Crippen LogP contribution in [0.15, 0.2) is 0 Å². The highest BCUT2D eigenvalue weighted by Crippen LogP contribution is 1.96. The number of carbonyl (C=O) groups excluding carboxylic acids is 2. The van der Waals surface area contributed by atoms with Crippen LogP contribution in [0.2, 0.25) is 0 Å².